The number of hydrogen-bond acceptors (Lipinski definition) is 6. The summed E-state index contributed by atoms with van der Waals surface area (Å²) in [6.45, 7) is 6.53. The number of aromatic nitrogens is 3. The average Bonchev–Trinajstić information content (AvgIpc) is 3.00. The molecule has 24 heavy (non-hydrogen) atoms. The predicted molar refractivity (Wildman–Crippen MR) is 97.0 cm³/mol. The SMILES string of the molecule is C[C@@H](N)c1nnc(SCCN2CCOCC2)n1-c1cccc(Cl)c1. The summed E-state index contributed by atoms with van der Waals surface area (Å²) in [5.74, 6) is 1.68. The second-order valence-electron chi connectivity index (χ2n) is 5.75. The van der Waals surface area contributed by atoms with E-state index in [4.69, 9.17) is 22.1 Å². The number of nitrogens with zero attached hydrogens (tertiary/aromatic N) is 4. The summed E-state index contributed by atoms with van der Waals surface area (Å²) in [7, 11) is 0. The summed E-state index contributed by atoms with van der Waals surface area (Å²) in [4.78, 5) is 2.41. The van der Waals surface area contributed by atoms with Gasteiger partial charge < -0.3 is 10.5 Å². The van der Waals surface area contributed by atoms with Gasteiger partial charge in [-0.1, -0.05) is 29.4 Å². The van der Waals surface area contributed by atoms with Crippen molar-refractivity contribution in [3.63, 3.8) is 0 Å². The molecule has 1 aromatic carbocycles. The molecule has 1 fully saturated rings. The van der Waals surface area contributed by atoms with Crippen molar-refractivity contribution in [2.75, 3.05) is 38.6 Å². The molecule has 0 bridgehead atoms. The minimum absolute atomic E-state index is 0.204. The highest BCUT2D eigenvalue weighted by molar-refractivity contribution is 7.99. The number of thioether (sulfide) groups is 1. The Morgan fingerprint density at radius 3 is 2.83 bits per heavy atom. The molecule has 1 saturated heterocycles. The maximum atomic E-state index is 6.14. The number of nitrogens with two attached hydrogens (primary N) is 1. The summed E-state index contributed by atoms with van der Waals surface area (Å²) >= 11 is 7.83. The van der Waals surface area contributed by atoms with Gasteiger partial charge in [-0.3, -0.25) is 9.47 Å². The lowest BCUT2D eigenvalue weighted by molar-refractivity contribution is 0.0410. The smallest absolute Gasteiger partial charge is 0.195 e. The minimum atomic E-state index is -0.204. The van der Waals surface area contributed by atoms with E-state index in [1.807, 2.05) is 35.8 Å². The van der Waals surface area contributed by atoms with E-state index < -0.39 is 0 Å². The Hall–Kier alpha value is -1.12. The van der Waals surface area contributed by atoms with Gasteiger partial charge in [-0.15, -0.1) is 10.2 Å². The molecular weight excluding hydrogens is 346 g/mol. The van der Waals surface area contributed by atoms with Crippen molar-refractivity contribution in [1.29, 1.82) is 0 Å². The van der Waals surface area contributed by atoms with Crippen molar-refractivity contribution in [3.8, 4) is 5.69 Å². The highest BCUT2D eigenvalue weighted by Gasteiger charge is 2.18. The van der Waals surface area contributed by atoms with Crippen molar-refractivity contribution in [2.24, 2.45) is 5.73 Å². The third-order valence-corrected chi connectivity index (χ3v) is 5.02. The molecule has 3 rings (SSSR count). The highest BCUT2D eigenvalue weighted by Crippen LogP contribution is 2.26. The van der Waals surface area contributed by atoms with Crippen LogP contribution in [-0.2, 0) is 4.74 Å². The van der Waals surface area contributed by atoms with Crippen LogP contribution in [0.3, 0.4) is 0 Å². The van der Waals surface area contributed by atoms with Gasteiger partial charge in [-0.25, -0.2) is 0 Å². The average molecular weight is 368 g/mol. The van der Waals surface area contributed by atoms with Crippen LogP contribution in [0, 0.1) is 0 Å². The highest BCUT2D eigenvalue weighted by atomic mass is 35.5. The first-order valence-electron chi connectivity index (χ1n) is 8.05. The Bertz CT molecular complexity index is 672. The van der Waals surface area contributed by atoms with Gasteiger partial charge in [-0.2, -0.15) is 0 Å². The molecule has 0 radical (unpaired) electrons. The zero-order valence-corrected chi connectivity index (χ0v) is 15.3. The summed E-state index contributed by atoms with van der Waals surface area (Å²) in [5.41, 5.74) is 7.00. The Kier molecular flexibility index (Phi) is 6.13. The van der Waals surface area contributed by atoms with Crippen LogP contribution >= 0.6 is 23.4 Å². The number of ether oxygens (including phenoxy) is 1. The molecule has 2 heterocycles. The fraction of sp³-hybridized carbons (Fsp3) is 0.500. The molecule has 8 heteroatoms. The van der Waals surface area contributed by atoms with Crippen molar-refractivity contribution in [2.45, 2.75) is 18.1 Å². The van der Waals surface area contributed by atoms with E-state index in [-0.39, 0.29) is 6.04 Å². The van der Waals surface area contributed by atoms with Gasteiger partial charge in [0.05, 0.1) is 24.9 Å². The zero-order valence-electron chi connectivity index (χ0n) is 13.7. The quantitative estimate of drug-likeness (QED) is 0.790. The Balaban J connectivity index is 1.75. The van der Waals surface area contributed by atoms with Gasteiger partial charge in [0, 0.05) is 30.4 Å². The molecule has 0 spiro atoms. The molecule has 1 aliphatic heterocycles. The zero-order chi connectivity index (χ0) is 16.9. The van der Waals surface area contributed by atoms with Crippen LogP contribution in [0.5, 0.6) is 0 Å². The predicted octanol–water partition coefficient (Wildman–Crippen LogP) is 2.36. The molecule has 1 aromatic heterocycles. The first-order valence-corrected chi connectivity index (χ1v) is 9.41. The first-order chi connectivity index (χ1) is 11.6. The molecule has 6 nitrogen and oxygen atoms in total. The lowest BCUT2D eigenvalue weighted by Gasteiger charge is -2.26. The van der Waals surface area contributed by atoms with Crippen LogP contribution in [0.2, 0.25) is 5.02 Å². The Morgan fingerprint density at radius 1 is 1.33 bits per heavy atom. The van der Waals surface area contributed by atoms with E-state index in [1.165, 1.54) is 0 Å². The largest absolute Gasteiger partial charge is 0.379 e. The Labute approximate surface area is 151 Å². The Morgan fingerprint density at radius 2 is 2.12 bits per heavy atom. The second kappa shape index (κ2) is 8.31. The van der Waals surface area contributed by atoms with Crippen LogP contribution < -0.4 is 5.73 Å². The number of hydrogen-bond donors (Lipinski definition) is 1. The molecule has 0 unspecified atom stereocenters. The van der Waals surface area contributed by atoms with Gasteiger partial charge in [0.15, 0.2) is 11.0 Å². The third kappa shape index (κ3) is 4.29. The minimum Gasteiger partial charge on any atom is -0.379 e. The van der Waals surface area contributed by atoms with Crippen LogP contribution in [0.15, 0.2) is 29.4 Å². The maximum Gasteiger partial charge on any atom is 0.195 e. The van der Waals surface area contributed by atoms with E-state index in [0.29, 0.717) is 5.02 Å². The van der Waals surface area contributed by atoms with Gasteiger partial charge in [0.25, 0.3) is 0 Å². The number of morpholine rings is 1. The van der Waals surface area contributed by atoms with Crippen LogP contribution in [-0.4, -0.2) is 58.3 Å². The first kappa shape index (κ1) is 17.7. The van der Waals surface area contributed by atoms with E-state index in [9.17, 15) is 0 Å². The molecule has 0 aliphatic carbocycles. The molecular formula is C16H22ClN5OS. The molecule has 1 atom stereocenters. The summed E-state index contributed by atoms with van der Waals surface area (Å²) in [5, 5.41) is 10.1. The van der Waals surface area contributed by atoms with Crippen LogP contribution in [0.4, 0.5) is 0 Å². The lowest BCUT2D eigenvalue weighted by Crippen LogP contribution is -2.37. The van der Waals surface area contributed by atoms with E-state index >= 15 is 0 Å². The molecule has 2 N–H and O–H groups in total. The van der Waals surface area contributed by atoms with E-state index in [1.54, 1.807) is 11.8 Å². The fourth-order valence-corrected chi connectivity index (χ4v) is 3.76. The standard InChI is InChI=1S/C16H22ClN5OS/c1-12(18)15-19-20-16(22(15)14-4-2-3-13(17)11-14)24-10-7-21-5-8-23-9-6-21/h2-4,11-12H,5-10,18H2,1H3/t12-/m1/s1. The fourth-order valence-electron chi connectivity index (χ4n) is 2.62. The van der Waals surface area contributed by atoms with Crippen LogP contribution in [0.25, 0.3) is 5.69 Å². The molecule has 2 aromatic rings. The van der Waals surface area contributed by atoms with Gasteiger partial charge in [-0.05, 0) is 25.1 Å². The van der Waals surface area contributed by atoms with Gasteiger partial charge >= 0.3 is 0 Å². The van der Waals surface area contributed by atoms with E-state index in [2.05, 4.69) is 15.1 Å². The third-order valence-electron chi connectivity index (χ3n) is 3.87. The topological polar surface area (TPSA) is 69.2 Å². The summed E-state index contributed by atoms with van der Waals surface area (Å²) in [6.07, 6.45) is 0. The second-order valence-corrected chi connectivity index (χ2v) is 7.25. The molecule has 1 aliphatic rings. The van der Waals surface area contributed by atoms with Gasteiger partial charge in [0.2, 0.25) is 0 Å². The van der Waals surface area contributed by atoms with Crippen molar-refractivity contribution in [1.82, 2.24) is 19.7 Å². The summed E-state index contributed by atoms with van der Waals surface area (Å²) < 4.78 is 7.38. The molecule has 0 amide bonds. The molecule has 0 saturated carbocycles. The lowest BCUT2D eigenvalue weighted by atomic mass is 10.3. The normalized spacial score (nSPS) is 17.1. The number of halogens is 1. The monoisotopic (exact) mass is 367 g/mol. The number of rotatable bonds is 6. The summed E-state index contributed by atoms with van der Waals surface area (Å²) in [6, 6.07) is 7.47. The van der Waals surface area contributed by atoms with Crippen molar-refractivity contribution < 1.29 is 4.74 Å². The van der Waals surface area contributed by atoms with E-state index in [0.717, 1.165) is 55.3 Å². The van der Waals surface area contributed by atoms with Crippen molar-refractivity contribution in [3.05, 3.63) is 35.1 Å². The van der Waals surface area contributed by atoms with Crippen LogP contribution in [0.1, 0.15) is 18.8 Å². The number of benzene rings is 1. The maximum absolute atomic E-state index is 6.14. The van der Waals surface area contributed by atoms with Crippen molar-refractivity contribution >= 4 is 23.4 Å². The molecule has 130 valence electrons. The van der Waals surface area contributed by atoms with Gasteiger partial charge in [0.1, 0.15) is 0 Å².